The van der Waals surface area contributed by atoms with Gasteiger partial charge in [0.2, 0.25) is 0 Å². The summed E-state index contributed by atoms with van der Waals surface area (Å²) in [5.41, 5.74) is 1.10. The standard InChI is InChI=1S/C15H19NO2.ClH/c1-3-10-18-15-12(11-16-13-8-9-13)6-5-7-14(15)17-4-2;/h1,5-7,13,16H,4,8-11H2,2H3;1H. The Kier molecular flexibility index (Phi) is 6.55. The topological polar surface area (TPSA) is 30.5 Å². The van der Waals surface area contributed by atoms with E-state index in [2.05, 4.69) is 11.2 Å². The van der Waals surface area contributed by atoms with Crippen LogP contribution in [0.25, 0.3) is 0 Å². The Bertz CT molecular complexity index is 438. The average Bonchev–Trinajstić information content (AvgIpc) is 3.19. The Balaban J connectivity index is 0.00000180. The van der Waals surface area contributed by atoms with Crippen LogP contribution in [0.15, 0.2) is 18.2 Å². The third kappa shape index (κ3) is 4.66. The predicted molar refractivity (Wildman–Crippen MR) is 79.0 cm³/mol. The maximum absolute atomic E-state index is 5.62. The van der Waals surface area contributed by atoms with E-state index in [9.17, 15) is 0 Å². The molecule has 104 valence electrons. The van der Waals surface area contributed by atoms with Crippen molar-refractivity contribution in [3.8, 4) is 23.8 Å². The van der Waals surface area contributed by atoms with Gasteiger partial charge in [0.25, 0.3) is 0 Å². The zero-order chi connectivity index (χ0) is 12.8. The molecule has 1 saturated carbocycles. The molecule has 0 unspecified atom stereocenters. The van der Waals surface area contributed by atoms with Gasteiger partial charge in [0, 0.05) is 18.2 Å². The second-order valence-electron chi connectivity index (χ2n) is 4.33. The van der Waals surface area contributed by atoms with Crippen molar-refractivity contribution in [1.29, 1.82) is 0 Å². The molecule has 2 rings (SSSR count). The molecule has 0 bridgehead atoms. The molecular weight excluding hydrogens is 262 g/mol. The molecule has 0 heterocycles. The molecule has 0 spiro atoms. The molecule has 0 aromatic heterocycles. The first-order valence-electron chi connectivity index (χ1n) is 6.39. The highest BCUT2D eigenvalue weighted by Crippen LogP contribution is 2.32. The molecule has 1 aromatic rings. The van der Waals surface area contributed by atoms with Gasteiger partial charge in [0.15, 0.2) is 11.5 Å². The quantitative estimate of drug-likeness (QED) is 0.780. The third-order valence-electron chi connectivity index (χ3n) is 2.82. The van der Waals surface area contributed by atoms with Crippen LogP contribution >= 0.6 is 12.4 Å². The van der Waals surface area contributed by atoms with E-state index in [-0.39, 0.29) is 19.0 Å². The second kappa shape index (κ2) is 7.93. The van der Waals surface area contributed by atoms with Gasteiger partial charge in [-0.25, -0.2) is 0 Å². The molecule has 1 aliphatic rings. The molecule has 0 radical (unpaired) electrons. The van der Waals surface area contributed by atoms with Crippen LogP contribution in [0.2, 0.25) is 0 Å². The monoisotopic (exact) mass is 281 g/mol. The molecule has 1 aromatic carbocycles. The minimum atomic E-state index is 0. The van der Waals surface area contributed by atoms with Gasteiger partial charge in [-0.05, 0) is 25.8 Å². The Hall–Kier alpha value is -1.37. The van der Waals surface area contributed by atoms with Gasteiger partial charge in [-0.2, -0.15) is 0 Å². The summed E-state index contributed by atoms with van der Waals surface area (Å²) in [6, 6.07) is 6.61. The second-order valence-corrected chi connectivity index (χ2v) is 4.33. The number of hydrogen-bond donors (Lipinski definition) is 1. The zero-order valence-electron chi connectivity index (χ0n) is 11.1. The van der Waals surface area contributed by atoms with Crippen LogP contribution in [0.1, 0.15) is 25.3 Å². The van der Waals surface area contributed by atoms with Gasteiger partial charge >= 0.3 is 0 Å². The highest BCUT2D eigenvalue weighted by Gasteiger charge is 2.21. The number of halogens is 1. The average molecular weight is 282 g/mol. The molecule has 0 aliphatic heterocycles. The van der Waals surface area contributed by atoms with Crippen molar-refractivity contribution < 1.29 is 9.47 Å². The van der Waals surface area contributed by atoms with Crippen molar-refractivity contribution in [3.05, 3.63) is 23.8 Å². The summed E-state index contributed by atoms with van der Waals surface area (Å²) < 4.78 is 11.2. The minimum Gasteiger partial charge on any atom is -0.490 e. The molecule has 0 saturated heterocycles. The van der Waals surface area contributed by atoms with Crippen LogP contribution in [-0.2, 0) is 6.54 Å². The number of para-hydroxylation sites is 1. The fourth-order valence-electron chi connectivity index (χ4n) is 1.79. The lowest BCUT2D eigenvalue weighted by molar-refractivity contribution is 0.296. The smallest absolute Gasteiger partial charge is 0.167 e. The third-order valence-corrected chi connectivity index (χ3v) is 2.82. The summed E-state index contributed by atoms with van der Waals surface area (Å²) in [6.07, 6.45) is 7.79. The molecular formula is C15H20ClNO2. The van der Waals surface area contributed by atoms with E-state index in [1.165, 1.54) is 12.8 Å². The number of terminal acetylenes is 1. The summed E-state index contributed by atoms with van der Waals surface area (Å²) in [5, 5.41) is 3.47. The lowest BCUT2D eigenvalue weighted by Gasteiger charge is -2.15. The summed E-state index contributed by atoms with van der Waals surface area (Å²) in [7, 11) is 0. The fraction of sp³-hybridized carbons (Fsp3) is 0.467. The van der Waals surface area contributed by atoms with Crippen LogP contribution in [0.3, 0.4) is 0 Å². The van der Waals surface area contributed by atoms with Crippen molar-refractivity contribution in [1.82, 2.24) is 5.32 Å². The first kappa shape index (κ1) is 15.7. The van der Waals surface area contributed by atoms with Crippen molar-refractivity contribution in [2.75, 3.05) is 13.2 Å². The Morgan fingerprint density at radius 3 is 2.79 bits per heavy atom. The van der Waals surface area contributed by atoms with Crippen LogP contribution in [0.4, 0.5) is 0 Å². The Morgan fingerprint density at radius 2 is 2.16 bits per heavy atom. The summed E-state index contributed by atoms with van der Waals surface area (Å²) in [5.74, 6) is 4.03. The van der Waals surface area contributed by atoms with Gasteiger partial charge in [-0.3, -0.25) is 0 Å². The van der Waals surface area contributed by atoms with Crippen LogP contribution < -0.4 is 14.8 Å². The van der Waals surface area contributed by atoms with E-state index >= 15 is 0 Å². The van der Waals surface area contributed by atoms with Crippen molar-refractivity contribution in [2.45, 2.75) is 32.4 Å². The maximum Gasteiger partial charge on any atom is 0.167 e. The zero-order valence-corrected chi connectivity index (χ0v) is 12.0. The van der Waals surface area contributed by atoms with Crippen LogP contribution in [-0.4, -0.2) is 19.3 Å². The van der Waals surface area contributed by atoms with E-state index in [0.29, 0.717) is 12.6 Å². The van der Waals surface area contributed by atoms with Crippen LogP contribution in [0.5, 0.6) is 11.5 Å². The maximum atomic E-state index is 5.62. The van der Waals surface area contributed by atoms with Crippen molar-refractivity contribution in [2.24, 2.45) is 0 Å². The molecule has 19 heavy (non-hydrogen) atoms. The first-order chi connectivity index (χ1) is 8.85. The van der Waals surface area contributed by atoms with Crippen molar-refractivity contribution in [3.63, 3.8) is 0 Å². The van der Waals surface area contributed by atoms with E-state index < -0.39 is 0 Å². The molecule has 1 N–H and O–H groups in total. The number of benzene rings is 1. The molecule has 3 nitrogen and oxygen atoms in total. The highest BCUT2D eigenvalue weighted by atomic mass is 35.5. The van der Waals surface area contributed by atoms with Gasteiger partial charge < -0.3 is 14.8 Å². The predicted octanol–water partition coefficient (Wildman–Crippen LogP) is 2.77. The highest BCUT2D eigenvalue weighted by molar-refractivity contribution is 5.85. The van der Waals surface area contributed by atoms with Gasteiger partial charge in [0.05, 0.1) is 6.61 Å². The summed E-state index contributed by atoms with van der Waals surface area (Å²) in [4.78, 5) is 0. The van der Waals surface area contributed by atoms with E-state index in [0.717, 1.165) is 23.6 Å². The molecule has 0 atom stereocenters. The SMILES string of the molecule is C#CCOc1c(CNC2CC2)cccc1OCC.Cl. The fourth-order valence-corrected chi connectivity index (χ4v) is 1.79. The largest absolute Gasteiger partial charge is 0.490 e. The summed E-state index contributed by atoms with van der Waals surface area (Å²) in [6.45, 7) is 3.64. The molecule has 0 amide bonds. The number of hydrogen-bond acceptors (Lipinski definition) is 3. The number of rotatable bonds is 7. The number of ether oxygens (including phenoxy) is 2. The van der Waals surface area contributed by atoms with E-state index in [1.807, 2.05) is 25.1 Å². The van der Waals surface area contributed by atoms with Crippen molar-refractivity contribution >= 4 is 12.4 Å². The minimum absolute atomic E-state index is 0. The molecule has 1 aliphatic carbocycles. The Morgan fingerprint density at radius 1 is 1.37 bits per heavy atom. The van der Waals surface area contributed by atoms with E-state index in [4.69, 9.17) is 15.9 Å². The van der Waals surface area contributed by atoms with Gasteiger partial charge in [0.1, 0.15) is 6.61 Å². The molecule has 1 fully saturated rings. The molecule has 4 heteroatoms. The summed E-state index contributed by atoms with van der Waals surface area (Å²) >= 11 is 0. The van der Waals surface area contributed by atoms with Gasteiger partial charge in [-0.1, -0.05) is 18.1 Å². The Labute approximate surface area is 121 Å². The van der Waals surface area contributed by atoms with Gasteiger partial charge in [-0.15, -0.1) is 18.8 Å². The normalized spacial score (nSPS) is 13.3. The lowest BCUT2D eigenvalue weighted by atomic mass is 10.2. The lowest BCUT2D eigenvalue weighted by Crippen LogP contribution is -2.16. The first-order valence-corrected chi connectivity index (χ1v) is 6.39. The number of nitrogens with one attached hydrogen (secondary N) is 1. The van der Waals surface area contributed by atoms with E-state index in [1.54, 1.807) is 0 Å². The van der Waals surface area contributed by atoms with Crippen LogP contribution in [0, 0.1) is 12.3 Å².